The van der Waals surface area contributed by atoms with Crippen molar-refractivity contribution < 1.29 is 9.13 Å². The Kier molecular flexibility index (Phi) is 6.40. The average molecular weight is 380 g/mol. The van der Waals surface area contributed by atoms with Crippen LogP contribution in [0.1, 0.15) is 11.1 Å². The zero-order valence-electron chi connectivity index (χ0n) is 13.1. The number of guanidine groups is 1. The van der Waals surface area contributed by atoms with Crippen LogP contribution in [0.15, 0.2) is 51.9 Å². The molecule has 0 saturated heterocycles. The third kappa shape index (κ3) is 5.25. The van der Waals surface area contributed by atoms with E-state index in [0.29, 0.717) is 19.0 Å². The summed E-state index contributed by atoms with van der Waals surface area (Å²) in [4.78, 5) is 4.17. The number of nitrogens with one attached hydrogen (secondary N) is 2. The van der Waals surface area contributed by atoms with Gasteiger partial charge in [-0.3, -0.25) is 4.99 Å². The Labute approximate surface area is 143 Å². The number of aliphatic imine (C=N–C) groups is 1. The van der Waals surface area contributed by atoms with Gasteiger partial charge in [0, 0.05) is 24.6 Å². The van der Waals surface area contributed by atoms with E-state index in [9.17, 15) is 4.39 Å². The van der Waals surface area contributed by atoms with Gasteiger partial charge in [-0.25, -0.2) is 4.39 Å². The Bertz CT molecular complexity index is 691. The summed E-state index contributed by atoms with van der Waals surface area (Å²) in [5.74, 6) is 1.20. The molecule has 0 aliphatic heterocycles. The van der Waals surface area contributed by atoms with Crippen molar-refractivity contribution in [1.82, 2.24) is 10.6 Å². The molecule has 2 aromatic carbocycles. The lowest BCUT2D eigenvalue weighted by molar-refractivity contribution is 0.414. The molecule has 0 heterocycles. The molecule has 4 nitrogen and oxygen atoms in total. The van der Waals surface area contributed by atoms with Crippen LogP contribution >= 0.6 is 15.9 Å². The molecule has 0 atom stereocenters. The first kappa shape index (κ1) is 17.3. The van der Waals surface area contributed by atoms with Gasteiger partial charge in [-0.15, -0.1) is 0 Å². The number of hydrogen-bond donors (Lipinski definition) is 2. The third-order valence-corrected chi connectivity index (χ3v) is 4.05. The van der Waals surface area contributed by atoms with Crippen LogP contribution < -0.4 is 15.4 Å². The summed E-state index contributed by atoms with van der Waals surface area (Å²) in [7, 11) is 3.34. The molecule has 0 unspecified atom stereocenters. The molecule has 0 aromatic heterocycles. The van der Waals surface area contributed by atoms with Crippen LogP contribution in [-0.2, 0) is 13.1 Å². The van der Waals surface area contributed by atoms with E-state index in [0.717, 1.165) is 21.3 Å². The topological polar surface area (TPSA) is 45.7 Å². The summed E-state index contributed by atoms with van der Waals surface area (Å²) in [5.41, 5.74) is 1.91. The number of methoxy groups -OCH3 is 1. The van der Waals surface area contributed by atoms with Crippen LogP contribution in [0.25, 0.3) is 0 Å². The summed E-state index contributed by atoms with van der Waals surface area (Å²) >= 11 is 3.41. The average Bonchev–Trinajstić information content (AvgIpc) is 2.58. The van der Waals surface area contributed by atoms with Crippen molar-refractivity contribution in [1.29, 1.82) is 0 Å². The van der Waals surface area contributed by atoms with Gasteiger partial charge < -0.3 is 15.4 Å². The highest BCUT2D eigenvalue weighted by atomic mass is 79.9. The zero-order chi connectivity index (χ0) is 16.7. The summed E-state index contributed by atoms with van der Waals surface area (Å²) < 4.78 is 19.3. The molecule has 0 aliphatic carbocycles. The summed E-state index contributed by atoms with van der Waals surface area (Å²) in [5, 5.41) is 6.38. The van der Waals surface area contributed by atoms with Crippen molar-refractivity contribution in [3.63, 3.8) is 0 Å². The standard InChI is InChI=1S/C17H19BrFN3O/c1-20-17(21-10-12-4-3-5-15(8-12)23-2)22-11-13-9-14(19)6-7-16(13)18/h3-9H,10-11H2,1-2H3,(H2,20,21,22). The quantitative estimate of drug-likeness (QED) is 0.617. The first-order valence-corrected chi connectivity index (χ1v) is 7.93. The van der Waals surface area contributed by atoms with E-state index in [2.05, 4.69) is 31.6 Å². The van der Waals surface area contributed by atoms with Crippen LogP contribution in [0.5, 0.6) is 5.75 Å². The minimum Gasteiger partial charge on any atom is -0.497 e. The highest BCUT2D eigenvalue weighted by Gasteiger charge is 2.04. The van der Waals surface area contributed by atoms with Gasteiger partial charge in [-0.05, 0) is 41.5 Å². The molecule has 2 N–H and O–H groups in total. The molecule has 23 heavy (non-hydrogen) atoms. The normalized spacial score (nSPS) is 11.2. The molecule has 0 saturated carbocycles. The minimum atomic E-state index is -0.260. The molecule has 2 rings (SSSR count). The van der Waals surface area contributed by atoms with Crippen LogP contribution in [0, 0.1) is 5.82 Å². The van der Waals surface area contributed by atoms with Crippen molar-refractivity contribution >= 4 is 21.9 Å². The van der Waals surface area contributed by atoms with E-state index in [1.165, 1.54) is 12.1 Å². The zero-order valence-corrected chi connectivity index (χ0v) is 14.7. The maximum Gasteiger partial charge on any atom is 0.191 e. The molecule has 0 spiro atoms. The highest BCUT2D eigenvalue weighted by Crippen LogP contribution is 2.17. The van der Waals surface area contributed by atoms with Gasteiger partial charge >= 0.3 is 0 Å². The number of ether oxygens (including phenoxy) is 1. The predicted molar refractivity (Wildman–Crippen MR) is 94.1 cm³/mol. The van der Waals surface area contributed by atoms with Gasteiger partial charge in [-0.1, -0.05) is 28.1 Å². The Morgan fingerprint density at radius 2 is 1.96 bits per heavy atom. The Hall–Kier alpha value is -2.08. The molecule has 0 bridgehead atoms. The van der Waals surface area contributed by atoms with Crippen molar-refractivity contribution in [2.45, 2.75) is 13.1 Å². The summed E-state index contributed by atoms with van der Waals surface area (Å²) in [6, 6.07) is 12.4. The molecule has 0 fully saturated rings. The van der Waals surface area contributed by atoms with E-state index in [1.807, 2.05) is 24.3 Å². The van der Waals surface area contributed by atoms with Crippen LogP contribution in [0.4, 0.5) is 4.39 Å². The van der Waals surface area contributed by atoms with E-state index < -0.39 is 0 Å². The maximum absolute atomic E-state index is 13.3. The fourth-order valence-electron chi connectivity index (χ4n) is 2.05. The van der Waals surface area contributed by atoms with Crippen LogP contribution in [-0.4, -0.2) is 20.1 Å². The van der Waals surface area contributed by atoms with E-state index >= 15 is 0 Å². The van der Waals surface area contributed by atoms with Gasteiger partial charge in [0.05, 0.1) is 7.11 Å². The monoisotopic (exact) mass is 379 g/mol. The summed E-state index contributed by atoms with van der Waals surface area (Å²) in [6.07, 6.45) is 0. The number of benzene rings is 2. The van der Waals surface area contributed by atoms with E-state index in [4.69, 9.17) is 4.74 Å². The second kappa shape index (κ2) is 8.53. The second-order valence-corrected chi connectivity index (χ2v) is 5.72. The molecular weight excluding hydrogens is 361 g/mol. The molecule has 0 radical (unpaired) electrons. The first-order chi connectivity index (χ1) is 11.1. The number of nitrogens with zero attached hydrogens (tertiary/aromatic N) is 1. The maximum atomic E-state index is 13.3. The SMILES string of the molecule is CN=C(NCc1cccc(OC)c1)NCc1cc(F)ccc1Br. The van der Waals surface area contributed by atoms with Gasteiger partial charge in [0.2, 0.25) is 0 Å². The van der Waals surface area contributed by atoms with E-state index in [-0.39, 0.29) is 5.82 Å². The Balaban J connectivity index is 1.91. The van der Waals surface area contributed by atoms with E-state index in [1.54, 1.807) is 20.2 Å². The Morgan fingerprint density at radius 1 is 1.17 bits per heavy atom. The minimum absolute atomic E-state index is 0.260. The van der Waals surface area contributed by atoms with Gasteiger partial charge in [0.25, 0.3) is 0 Å². The van der Waals surface area contributed by atoms with Gasteiger partial charge in [0.15, 0.2) is 5.96 Å². The fourth-order valence-corrected chi connectivity index (χ4v) is 2.43. The molecule has 2 aromatic rings. The smallest absolute Gasteiger partial charge is 0.191 e. The van der Waals surface area contributed by atoms with Crippen LogP contribution in [0.3, 0.4) is 0 Å². The Morgan fingerprint density at radius 3 is 2.70 bits per heavy atom. The first-order valence-electron chi connectivity index (χ1n) is 7.13. The largest absolute Gasteiger partial charge is 0.497 e. The molecule has 6 heteroatoms. The highest BCUT2D eigenvalue weighted by molar-refractivity contribution is 9.10. The molecule has 0 aliphatic rings. The van der Waals surface area contributed by atoms with Gasteiger partial charge in [0.1, 0.15) is 11.6 Å². The number of rotatable bonds is 5. The summed E-state index contributed by atoms with van der Waals surface area (Å²) in [6.45, 7) is 1.08. The van der Waals surface area contributed by atoms with Crippen molar-refractivity contribution in [2.75, 3.05) is 14.2 Å². The predicted octanol–water partition coefficient (Wildman–Crippen LogP) is 3.46. The molecule has 0 amide bonds. The van der Waals surface area contributed by atoms with Crippen molar-refractivity contribution in [2.24, 2.45) is 4.99 Å². The molecule has 122 valence electrons. The second-order valence-electron chi connectivity index (χ2n) is 4.87. The van der Waals surface area contributed by atoms with Gasteiger partial charge in [-0.2, -0.15) is 0 Å². The molecular formula is C17H19BrFN3O. The lowest BCUT2D eigenvalue weighted by atomic mass is 10.2. The number of halogens is 2. The lowest BCUT2D eigenvalue weighted by Crippen LogP contribution is -2.36. The van der Waals surface area contributed by atoms with Crippen LogP contribution in [0.2, 0.25) is 0 Å². The van der Waals surface area contributed by atoms with Crippen molar-refractivity contribution in [3.8, 4) is 5.75 Å². The van der Waals surface area contributed by atoms with Crippen molar-refractivity contribution in [3.05, 3.63) is 63.9 Å². The lowest BCUT2D eigenvalue weighted by Gasteiger charge is -2.13. The third-order valence-electron chi connectivity index (χ3n) is 3.27. The fraction of sp³-hybridized carbons (Fsp3) is 0.235. The number of hydrogen-bond acceptors (Lipinski definition) is 2.